The summed E-state index contributed by atoms with van der Waals surface area (Å²) < 4.78 is 47.8. The molecule has 14 heteroatoms. The maximum atomic E-state index is 8.18. The molecule has 11 nitrogen and oxygen atoms in total. The molecule has 2 unspecified atom stereocenters. The van der Waals surface area contributed by atoms with Crippen molar-refractivity contribution in [3.63, 3.8) is 0 Å². The zero-order chi connectivity index (χ0) is 65.5. The van der Waals surface area contributed by atoms with E-state index in [0.29, 0.717) is 5.75 Å². The minimum atomic E-state index is -0.947. The fourth-order valence-corrected chi connectivity index (χ4v) is 21.5. The van der Waals surface area contributed by atoms with Crippen LogP contribution in [-0.2, 0) is 10.8 Å². The Morgan fingerprint density at radius 2 is 0.706 bits per heavy atom. The summed E-state index contributed by atoms with van der Waals surface area (Å²) in [6, 6.07) is 97.7. The van der Waals surface area contributed by atoms with E-state index in [9.17, 15) is 0 Å². The lowest BCUT2D eigenvalue weighted by molar-refractivity contribution is 0.431. The normalized spacial score (nSPS) is 17.2. The Bertz CT molecular complexity index is 6740. The second-order valence-corrected chi connectivity index (χ2v) is 29.5. The first-order chi connectivity index (χ1) is 50.5. The lowest BCUT2D eigenvalue weighted by Gasteiger charge is -2.51. The van der Waals surface area contributed by atoms with Gasteiger partial charge in [0.25, 0.3) is 13.4 Å². The van der Waals surface area contributed by atoms with E-state index in [0.717, 1.165) is 196 Å². The minimum Gasteiger partial charge on any atom is -0.458 e. The van der Waals surface area contributed by atoms with Gasteiger partial charge in [-0.2, -0.15) is 0 Å². The van der Waals surface area contributed by atoms with Crippen LogP contribution in [0.25, 0.3) is 89.3 Å². The van der Waals surface area contributed by atoms with Gasteiger partial charge in [0, 0.05) is 67.2 Å². The van der Waals surface area contributed by atoms with Crippen LogP contribution in [0.2, 0.25) is 0 Å². The molecule has 0 N–H and O–H groups in total. The molecule has 0 saturated heterocycles. The summed E-state index contributed by atoms with van der Waals surface area (Å²) in [7, 11) is 0. The van der Waals surface area contributed by atoms with E-state index >= 15 is 0 Å². The van der Waals surface area contributed by atoms with E-state index in [4.69, 9.17) is 33.7 Å². The molecule has 0 amide bonds. The van der Waals surface area contributed by atoms with Gasteiger partial charge < -0.3 is 23.7 Å². The van der Waals surface area contributed by atoms with E-state index in [1.54, 1.807) is 0 Å². The predicted octanol–water partition coefficient (Wildman–Crippen LogP) is 16.2. The van der Waals surface area contributed by atoms with Crippen molar-refractivity contribution in [1.29, 1.82) is 0 Å². The fraction of sp³-hybridized carbons (Fsp3) is 0.0227. The van der Waals surface area contributed by atoms with Crippen molar-refractivity contribution in [2.45, 2.75) is 20.6 Å². The summed E-state index contributed by atoms with van der Waals surface area (Å²) in [5.41, 5.74) is 27.5. The van der Waals surface area contributed by atoms with Crippen molar-refractivity contribution >= 4 is 114 Å². The first-order valence-corrected chi connectivity index (χ1v) is 35.6. The summed E-state index contributed by atoms with van der Waals surface area (Å²) in [6.07, 6.45) is 0. The molecule has 8 aliphatic heterocycles. The van der Waals surface area contributed by atoms with Gasteiger partial charge >= 0.3 is 0 Å². The fourth-order valence-electron chi connectivity index (χ4n) is 20.4. The van der Waals surface area contributed by atoms with Crippen LogP contribution in [0, 0.1) is 0 Å². The molecular formula is C88H44B2N6O5S. The third-order valence-corrected chi connectivity index (χ3v) is 25.2. The molecule has 11 aliphatic rings. The average molecular weight is 1320 g/mol. The molecule has 18 aromatic rings. The van der Waals surface area contributed by atoms with Crippen LogP contribution in [0.15, 0.2) is 277 Å². The number of nitrogens with zero attached hydrogens (tertiary/aromatic N) is 6. The zero-order valence-electron chi connectivity index (χ0n) is 53.7. The molecule has 4 aromatic heterocycles. The van der Waals surface area contributed by atoms with Crippen molar-refractivity contribution < 1.29 is 23.7 Å². The first kappa shape index (κ1) is 52.2. The number of hydrogen-bond acceptors (Lipinski definition) is 8. The van der Waals surface area contributed by atoms with Crippen molar-refractivity contribution in [1.82, 2.24) is 27.9 Å². The van der Waals surface area contributed by atoms with E-state index in [1.165, 1.54) is 32.0 Å². The summed E-state index contributed by atoms with van der Waals surface area (Å²) in [6.45, 7) is -0.650. The number of fused-ring (bicyclic) bond motifs is 12. The highest BCUT2D eigenvalue weighted by molar-refractivity contribution is 7.99. The number of rotatable bonds is 2. The minimum absolute atomic E-state index is 0.314. The Balaban J connectivity index is 0.798. The van der Waals surface area contributed by atoms with E-state index < -0.39 is 10.8 Å². The number of para-hydroxylation sites is 9. The van der Waals surface area contributed by atoms with Crippen molar-refractivity contribution in [2.75, 3.05) is 0 Å². The summed E-state index contributed by atoms with van der Waals surface area (Å²) in [5.74, 6) is 9.24. The van der Waals surface area contributed by atoms with Gasteiger partial charge in [0.1, 0.15) is 57.5 Å². The van der Waals surface area contributed by atoms with Crippen LogP contribution < -0.4 is 56.5 Å². The molecule has 0 radical (unpaired) electrons. The van der Waals surface area contributed by atoms with Crippen LogP contribution in [0.3, 0.4) is 0 Å². The Morgan fingerprint density at radius 3 is 1.29 bits per heavy atom. The van der Waals surface area contributed by atoms with Gasteiger partial charge in [0.15, 0.2) is 0 Å². The average Bonchev–Trinajstić information content (AvgIpc) is 0.874. The quantitative estimate of drug-likeness (QED) is 0.158. The van der Waals surface area contributed by atoms with E-state index in [2.05, 4.69) is 285 Å². The standard InChI is InChI=1S/C88H44B2N6O5S/c1-11-27-67-51(15-1)87-53-17-13-28-69-77(53)89-79-55(87)35-33-49(83(79)100-73-43-47(41-71(98-69)81(73)89)93-63-23-7-9-25-65(63)95-61-21-5-3-19-59(61)91-85(93)95)50-34-36-56-80-84(50)101-74-44-48(94-64-24-8-10-26-66(64)96-62-22-6-4-20-60(62)92-86(94)96)42-72-82(74)90(80)78-54(18-14-29-70(78)99-72)88(56)52-16-2-12-30-75(52)102-76-38-32-46(40-58(76)88)45-31-37-68(97-67)57(87)39-45/h1-44H. The molecular weight excluding hydrogens is 1270 g/mol. The molecule has 12 bridgehead atoms. The van der Waals surface area contributed by atoms with Gasteiger partial charge in [-0.1, -0.05) is 157 Å². The van der Waals surface area contributed by atoms with Crippen molar-refractivity contribution in [3.05, 3.63) is 311 Å². The second-order valence-electron chi connectivity index (χ2n) is 28.5. The number of aromatic nitrogens is 6. The number of hydrogen-bond donors (Lipinski definition) is 0. The molecule has 0 saturated carbocycles. The summed E-state index contributed by atoms with van der Waals surface area (Å²) in [5, 5.41) is 0. The van der Waals surface area contributed by atoms with Gasteiger partial charge in [-0.25, -0.2) is 9.97 Å². The molecule has 3 aliphatic carbocycles. The van der Waals surface area contributed by atoms with Gasteiger partial charge in [-0.05, 0) is 163 Å². The van der Waals surface area contributed by atoms with Crippen LogP contribution in [-0.4, -0.2) is 41.3 Å². The molecule has 0 fully saturated rings. The lowest BCUT2D eigenvalue weighted by Crippen LogP contribution is -2.66. The maximum absolute atomic E-state index is 8.18. The molecule has 102 heavy (non-hydrogen) atoms. The third-order valence-electron chi connectivity index (χ3n) is 24.1. The predicted molar refractivity (Wildman–Crippen MR) is 400 cm³/mol. The molecule has 468 valence electrons. The smallest absolute Gasteiger partial charge is 0.261 e. The van der Waals surface area contributed by atoms with Crippen molar-refractivity contribution in [2.24, 2.45) is 0 Å². The van der Waals surface area contributed by atoms with Crippen molar-refractivity contribution in [3.8, 4) is 91.1 Å². The molecule has 14 aromatic carbocycles. The van der Waals surface area contributed by atoms with Gasteiger partial charge in [0.2, 0.25) is 11.6 Å². The number of ether oxygens (including phenoxy) is 5. The largest absolute Gasteiger partial charge is 0.458 e. The highest BCUT2D eigenvalue weighted by Crippen LogP contribution is 2.63. The van der Waals surface area contributed by atoms with Crippen LogP contribution in [0.1, 0.15) is 44.5 Å². The van der Waals surface area contributed by atoms with Crippen LogP contribution in [0.4, 0.5) is 0 Å². The van der Waals surface area contributed by atoms with Gasteiger partial charge in [0.05, 0.1) is 66.3 Å². The SMILES string of the molecule is c1ccc2c(c1)Oc1ccc3cc1C21c2cccc4c2B2c5c(cc(-n6c7ccccc7n7c8ccccc8nc67)cc5Oc5c(ccc1c52)-c1ccc2c5c1Oc1cc(-n6c7ccccc7n7c8ccccc8nc67)cc6c1B5c1c(cccc1C21c2ccccc2Sc2ccc-3cc21)O6)O4. The Labute approximate surface area is 584 Å². The summed E-state index contributed by atoms with van der Waals surface area (Å²) >= 11 is 1.85. The topological polar surface area (TPSA) is 90.6 Å². The molecule has 2 atom stereocenters. The summed E-state index contributed by atoms with van der Waals surface area (Å²) in [4.78, 5) is 13.2. The monoisotopic (exact) mass is 1320 g/mol. The third kappa shape index (κ3) is 5.82. The van der Waals surface area contributed by atoms with E-state index in [-0.39, 0.29) is 13.4 Å². The lowest BCUT2D eigenvalue weighted by atomic mass is 9.28. The number of imidazole rings is 4. The Morgan fingerprint density at radius 1 is 0.284 bits per heavy atom. The number of benzene rings is 14. The van der Waals surface area contributed by atoms with Gasteiger partial charge in [-0.3, -0.25) is 17.9 Å². The molecule has 29 rings (SSSR count). The zero-order valence-corrected chi connectivity index (χ0v) is 54.5. The van der Waals surface area contributed by atoms with Gasteiger partial charge in [-0.15, -0.1) is 0 Å². The highest BCUT2D eigenvalue weighted by atomic mass is 32.2. The second kappa shape index (κ2) is 17.6. The molecule has 2 spiro atoms. The Kier molecular flexibility index (Phi) is 8.99. The Hall–Kier alpha value is -12.9. The van der Waals surface area contributed by atoms with E-state index in [1.807, 2.05) is 11.8 Å². The molecule has 12 heterocycles. The first-order valence-electron chi connectivity index (χ1n) is 34.8. The van der Waals surface area contributed by atoms with Crippen LogP contribution >= 0.6 is 11.8 Å². The van der Waals surface area contributed by atoms with Crippen LogP contribution in [0.5, 0.6) is 57.5 Å². The highest BCUT2D eigenvalue weighted by Gasteiger charge is 2.60. The maximum Gasteiger partial charge on any atom is 0.261 e.